The minimum absolute atomic E-state index is 0. The number of amides is 1. The number of phenols is 3. The Kier molecular flexibility index (Phi) is 7.29. The van der Waals surface area contributed by atoms with Gasteiger partial charge in [0.1, 0.15) is 0 Å². The van der Waals surface area contributed by atoms with E-state index >= 15 is 0 Å². The van der Waals surface area contributed by atoms with Gasteiger partial charge in [-0.3, -0.25) is 0 Å². The first-order valence-electron chi connectivity index (χ1n) is 4.83. The predicted octanol–water partition coefficient (Wildman–Crippen LogP) is -0.375. The van der Waals surface area contributed by atoms with Crippen molar-refractivity contribution in [2.45, 2.75) is 4.71 Å². The number of aliphatic hydroxyl groups is 1. The fraction of sp³-hybridized carbons (Fsp3) is 0.200. The van der Waals surface area contributed by atoms with Crippen LogP contribution in [0, 0.1) is 0 Å². The summed E-state index contributed by atoms with van der Waals surface area (Å²) in [5, 5.41) is 40.0. The van der Waals surface area contributed by atoms with Gasteiger partial charge in [0.15, 0.2) is 0 Å². The summed E-state index contributed by atoms with van der Waals surface area (Å²) in [5.74, 6) is -2.17. The van der Waals surface area contributed by atoms with Gasteiger partial charge in [-0.2, -0.15) is 0 Å². The van der Waals surface area contributed by atoms with Gasteiger partial charge in [-0.25, -0.2) is 0 Å². The van der Waals surface area contributed by atoms with Crippen LogP contribution in [0.5, 0.6) is 17.2 Å². The normalized spacial score (nSPS) is 11.9. The summed E-state index contributed by atoms with van der Waals surface area (Å²) in [6.45, 7) is -0.327. The number of aliphatic hydroxyl groups excluding tert-OH is 1. The molecule has 0 aliphatic carbocycles. The minimum atomic E-state index is -0.661. The molecule has 2 radical (unpaired) electrons. The van der Waals surface area contributed by atoms with Crippen LogP contribution in [0.2, 0.25) is 4.71 Å². The average Bonchev–Trinajstić information content (AvgIpc) is 2.37. The number of nitrogens with one attached hydrogen (secondary N) is 1. The van der Waals surface area contributed by atoms with Gasteiger partial charge in [0.05, 0.1) is 0 Å². The Labute approximate surface area is 123 Å². The molecular weight excluding hydrogens is 338 g/mol. The van der Waals surface area contributed by atoms with Gasteiger partial charge >= 0.3 is 111 Å². The van der Waals surface area contributed by atoms with E-state index in [2.05, 4.69) is 10.5 Å². The summed E-state index contributed by atoms with van der Waals surface area (Å²) in [4.78, 5) is 11.2. The SMILES string of the molecule is Cl.O=C(N/N=C/c1ccc(O)c(O)c1O)C([As])CO. The van der Waals surface area contributed by atoms with Crippen molar-refractivity contribution in [1.82, 2.24) is 5.43 Å². The van der Waals surface area contributed by atoms with Crippen LogP contribution in [-0.4, -0.2) is 56.0 Å². The Morgan fingerprint density at radius 1 is 1.37 bits per heavy atom. The number of aromatic hydroxyl groups is 3. The molecule has 1 unspecified atom stereocenters. The summed E-state index contributed by atoms with van der Waals surface area (Å²) in [7, 11) is 0. The molecule has 0 spiro atoms. The molecule has 0 bridgehead atoms. The van der Waals surface area contributed by atoms with Crippen molar-refractivity contribution in [3.63, 3.8) is 0 Å². The quantitative estimate of drug-likeness (QED) is 0.219. The molecule has 7 nitrogen and oxygen atoms in total. The van der Waals surface area contributed by atoms with Gasteiger partial charge in [0.2, 0.25) is 0 Å². The molecule has 9 heteroatoms. The second kappa shape index (κ2) is 7.88. The molecule has 0 saturated carbocycles. The molecule has 5 N–H and O–H groups in total. The van der Waals surface area contributed by atoms with E-state index in [1.165, 1.54) is 12.1 Å². The number of hydrogen-bond acceptors (Lipinski definition) is 6. The molecule has 104 valence electrons. The topological polar surface area (TPSA) is 122 Å². The molecule has 1 amide bonds. The molecule has 0 heterocycles. The zero-order chi connectivity index (χ0) is 13.7. The second-order valence-corrected chi connectivity index (χ2v) is 4.61. The summed E-state index contributed by atoms with van der Waals surface area (Å²) in [6, 6.07) is 2.48. The molecule has 0 aromatic heterocycles. The zero-order valence-electron chi connectivity index (χ0n) is 9.52. The van der Waals surface area contributed by atoms with Crippen LogP contribution in [0.25, 0.3) is 0 Å². The molecule has 0 saturated heterocycles. The van der Waals surface area contributed by atoms with Crippen molar-refractivity contribution in [3.8, 4) is 17.2 Å². The van der Waals surface area contributed by atoms with Gasteiger partial charge in [0, 0.05) is 0 Å². The third-order valence-corrected chi connectivity index (χ3v) is 2.85. The van der Waals surface area contributed by atoms with E-state index in [1.807, 2.05) is 16.9 Å². The first-order chi connectivity index (χ1) is 8.47. The molecular formula is C10H12AsClN2O5. The van der Waals surface area contributed by atoms with Gasteiger partial charge < -0.3 is 0 Å². The van der Waals surface area contributed by atoms with Crippen LogP contribution in [0.1, 0.15) is 5.56 Å². The van der Waals surface area contributed by atoms with E-state index in [0.717, 1.165) is 6.21 Å². The number of carbonyl (C=O) groups is 1. The van der Waals surface area contributed by atoms with Crippen molar-refractivity contribution < 1.29 is 25.2 Å². The molecule has 0 aliphatic rings. The number of hydrazone groups is 1. The van der Waals surface area contributed by atoms with E-state index in [4.69, 9.17) is 10.2 Å². The van der Waals surface area contributed by atoms with Crippen LogP contribution < -0.4 is 5.43 Å². The van der Waals surface area contributed by atoms with Crippen molar-refractivity contribution >= 4 is 41.4 Å². The Morgan fingerprint density at radius 3 is 2.58 bits per heavy atom. The number of benzene rings is 1. The van der Waals surface area contributed by atoms with Crippen molar-refractivity contribution in [3.05, 3.63) is 17.7 Å². The number of carbonyl (C=O) groups excluding carboxylic acids is 1. The fourth-order valence-electron chi connectivity index (χ4n) is 1.01. The maximum atomic E-state index is 11.2. The standard InChI is InChI=1S/C10H11AsN2O5.ClH/c11-6(4-14)10(18)13-12-3-5-1-2-7(15)9(17)8(5)16;/h1-3,6,14-17H,4H2,(H,13,18);1H/b12-3+;. The van der Waals surface area contributed by atoms with Gasteiger partial charge in [-0.05, 0) is 0 Å². The second-order valence-electron chi connectivity index (χ2n) is 3.30. The Balaban J connectivity index is 0.00000324. The summed E-state index contributed by atoms with van der Waals surface area (Å²) in [5.41, 5.74) is 2.26. The summed E-state index contributed by atoms with van der Waals surface area (Å²) < 4.78 is -0.656. The average molecular weight is 351 g/mol. The molecule has 1 aromatic rings. The molecule has 1 rings (SSSR count). The van der Waals surface area contributed by atoms with Crippen LogP contribution in [0.15, 0.2) is 17.2 Å². The first-order valence-corrected chi connectivity index (χ1v) is 5.91. The number of hydrogen-bond donors (Lipinski definition) is 5. The molecule has 19 heavy (non-hydrogen) atoms. The zero-order valence-corrected chi connectivity index (χ0v) is 12.2. The fourth-order valence-corrected chi connectivity index (χ4v) is 1.13. The van der Waals surface area contributed by atoms with E-state index in [9.17, 15) is 15.0 Å². The molecule has 0 aliphatic heterocycles. The Morgan fingerprint density at radius 2 is 2.00 bits per heavy atom. The number of nitrogens with zero attached hydrogens (tertiary/aromatic N) is 1. The molecule has 1 atom stereocenters. The van der Waals surface area contributed by atoms with E-state index in [1.54, 1.807) is 0 Å². The van der Waals surface area contributed by atoms with Gasteiger partial charge in [-0.1, -0.05) is 0 Å². The van der Waals surface area contributed by atoms with Crippen molar-refractivity contribution in [2.24, 2.45) is 5.10 Å². The molecule has 1 aromatic carbocycles. The van der Waals surface area contributed by atoms with E-state index in [-0.39, 0.29) is 24.6 Å². The van der Waals surface area contributed by atoms with Crippen LogP contribution >= 0.6 is 12.4 Å². The Bertz CT molecular complexity index is 483. The number of phenolic OH excluding ortho intramolecular Hbond substituents is 3. The van der Waals surface area contributed by atoms with Gasteiger partial charge in [-0.15, -0.1) is 12.4 Å². The van der Waals surface area contributed by atoms with E-state index < -0.39 is 27.9 Å². The first kappa shape index (κ1) is 17.6. The van der Waals surface area contributed by atoms with Crippen LogP contribution in [-0.2, 0) is 4.79 Å². The van der Waals surface area contributed by atoms with Crippen molar-refractivity contribution in [2.75, 3.05) is 6.61 Å². The number of rotatable bonds is 4. The Hall–Kier alpha value is -1.43. The monoisotopic (exact) mass is 350 g/mol. The molecule has 0 fully saturated rings. The maximum absolute atomic E-state index is 11.2. The number of halogens is 1. The van der Waals surface area contributed by atoms with E-state index in [0.29, 0.717) is 0 Å². The van der Waals surface area contributed by atoms with Crippen LogP contribution in [0.4, 0.5) is 0 Å². The van der Waals surface area contributed by atoms with Crippen LogP contribution in [0.3, 0.4) is 0 Å². The summed E-state index contributed by atoms with van der Waals surface area (Å²) in [6.07, 6.45) is 1.10. The van der Waals surface area contributed by atoms with Crippen molar-refractivity contribution in [1.29, 1.82) is 0 Å². The summed E-state index contributed by atoms with van der Waals surface area (Å²) >= 11 is 1.98. The van der Waals surface area contributed by atoms with Gasteiger partial charge in [0.25, 0.3) is 0 Å². The predicted molar refractivity (Wildman–Crippen MR) is 71.0 cm³/mol. The third kappa shape index (κ3) is 4.63. The third-order valence-electron chi connectivity index (χ3n) is 2.02.